The van der Waals surface area contributed by atoms with Gasteiger partial charge in [0.2, 0.25) is 10.0 Å². The van der Waals surface area contributed by atoms with E-state index < -0.39 is 10.0 Å². The van der Waals surface area contributed by atoms with Crippen molar-refractivity contribution in [2.24, 2.45) is 0 Å². The minimum atomic E-state index is -3.87. The summed E-state index contributed by atoms with van der Waals surface area (Å²) < 4.78 is 40.5. The van der Waals surface area contributed by atoms with Crippen molar-refractivity contribution < 1.29 is 17.9 Å². The van der Waals surface area contributed by atoms with Gasteiger partial charge in [-0.25, -0.2) is 8.42 Å². The first-order valence-electron chi connectivity index (χ1n) is 11.9. The van der Waals surface area contributed by atoms with Crippen molar-refractivity contribution >= 4 is 20.9 Å². The van der Waals surface area contributed by atoms with E-state index in [-0.39, 0.29) is 23.0 Å². The molecule has 0 spiro atoms. The van der Waals surface area contributed by atoms with Crippen LogP contribution in [0.1, 0.15) is 48.8 Å². The molecule has 0 atom stereocenters. The Hall–Kier alpha value is -2.84. The molecule has 180 valence electrons. The van der Waals surface area contributed by atoms with Gasteiger partial charge in [-0.15, -0.1) is 0 Å². The summed E-state index contributed by atoms with van der Waals surface area (Å²) in [7, 11) is -3.87. The molecule has 1 saturated carbocycles. The van der Waals surface area contributed by atoms with Crippen molar-refractivity contribution in [1.29, 1.82) is 0 Å². The van der Waals surface area contributed by atoms with E-state index in [1.54, 1.807) is 12.1 Å². The fourth-order valence-corrected chi connectivity index (χ4v) is 6.63. The number of ether oxygens (including phenoxy) is 2. The van der Waals surface area contributed by atoms with Crippen LogP contribution in [0.5, 0.6) is 11.5 Å². The number of hydrogen-bond donors (Lipinski definition) is 1. The Morgan fingerprint density at radius 2 is 1.71 bits per heavy atom. The van der Waals surface area contributed by atoms with Gasteiger partial charge in [-0.1, -0.05) is 31.4 Å². The van der Waals surface area contributed by atoms with Crippen LogP contribution in [0.4, 0.5) is 0 Å². The second-order valence-corrected chi connectivity index (χ2v) is 11.1. The molecule has 0 saturated heterocycles. The maximum absolute atomic E-state index is 13.9. The third-order valence-corrected chi connectivity index (χ3v) is 8.95. The monoisotopic (exact) mass is 482 g/mol. The van der Waals surface area contributed by atoms with Crippen molar-refractivity contribution in [2.45, 2.75) is 63.4 Å². The minimum Gasteiger partial charge on any atom is -0.486 e. The van der Waals surface area contributed by atoms with Crippen LogP contribution in [0, 0.1) is 13.8 Å². The molecule has 2 aliphatic rings. The second-order valence-electron chi connectivity index (χ2n) is 9.24. The summed E-state index contributed by atoms with van der Waals surface area (Å²) in [5, 5.41) is 0.901. The van der Waals surface area contributed by atoms with Gasteiger partial charge in [-0.3, -0.25) is 4.79 Å². The molecule has 3 aromatic rings. The van der Waals surface area contributed by atoms with Crippen molar-refractivity contribution in [3.05, 3.63) is 63.4 Å². The van der Waals surface area contributed by atoms with Gasteiger partial charge in [0.25, 0.3) is 5.56 Å². The molecule has 0 bridgehead atoms. The number of rotatable bonds is 5. The number of aryl methyl sites for hydroxylation is 2. The lowest BCUT2D eigenvalue weighted by Crippen LogP contribution is -2.42. The molecule has 7 nitrogen and oxygen atoms in total. The smallest absolute Gasteiger partial charge is 0.252 e. The number of pyridine rings is 1. The van der Waals surface area contributed by atoms with E-state index in [1.165, 1.54) is 10.4 Å². The number of H-pyrrole nitrogens is 1. The number of nitrogens with zero attached hydrogens (tertiary/aromatic N) is 1. The molecule has 1 N–H and O–H groups in total. The lowest BCUT2D eigenvalue weighted by atomic mass is 9.95. The van der Waals surface area contributed by atoms with Gasteiger partial charge in [0.1, 0.15) is 13.2 Å². The number of hydrogen-bond acceptors (Lipinski definition) is 5. The average molecular weight is 483 g/mol. The molecule has 0 amide bonds. The molecule has 34 heavy (non-hydrogen) atoms. The van der Waals surface area contributed by atoms with Crippen LogP contribution in [0.15, 0.2) is 46.1 Å². The predicted molar refractivity (Wildman–Crippen MR) is 131 cm³/mol. The van der Waals surface area contributed by atoms with E-state index in [9.17, 15) is 13.2 Å². The zero-order valence-corrected chi connectivity index (χ0v) is 20.4. The van der Waals surface area contributed by atoms with Crippen LogP contribution in [-0.2, 0) is 16.6 Å². The van der Waals surface area contributed by atoms with E-state index in [0.717, 1.165) is 54.1 Å². The summed E-state index contributed by atoms with van der Waals surface area (Å²) >= 11 is 0. The maximum atomic E-state index is 13.9. The predicted octanol–water partition coefficient (Wildman–Crippen LogP) is 4.44. The van der Waals surface area contributed by atoms with Crippen LogP contribution in [0.3, 0.4) is 0 Å². The highest BCUT2D eigenvalue weighted by atomic mass is 32.2. The summed E-state index contributed by atoms with van der Waals surface area (Å²) in [6, 6.07) is 10.4. The molecule has 1 aliphatic heterocycles. The Bertz CT molecular complexity index is 1390. The van der Waals surface area contributed by atoms with E-state index in [1.807, 2.05) is 32.0 Å². The standard InChI is InChI=1S/C26H30N2O5S/c1-17-8-9-19-14-20(26(29)27-25(19)18(17)2)16-28(21-6-4-3-5-7-21)34(30,31)22-10-11-23-24(15-22)33-13-12-32-23/h8-11,14-15,21H,3-7,12-13,16H2,1-2H3,(H,27,29). The Kier molecular flexibility index (Phi) is 6.12. The summed E-state index contributed by atoms with van der Waals surface area (Å²) in [6.45, 7) is 4.84. The molecular formula is C26H30N2O5S. The van der Waals surface area contributed by atoms with Gasteiger partial charge in [0.15, 0.2) is 11.5 Å². The lowest BCUT2D eigenvalue weighted by Gasteiger charge is -2.33. The molecule has 8 heteroatoms. The SMILES string of the molecule is Cc1ccc2cc(CN(C3CCCCC3)S(=O)(=O)c3ccc4c(c3)OCCO4)c(=O)[nH]c2c1C. The summed E-state index contributed by atoms with van der Waals surface area (Å²) in [4.78, 5) is 16.2. The summed E-state index contributed by atoms with van der Waals surface area (Å²) in [6.07, 6.45) is 4.62. The van der Waals surface area contributed by atoms with E-state index in [0.29, 0.717) is 30.3 Å². The van der Waals surface area contributed by atoms with Crippen LogP contribution >= 0.6 is 0 Å². The molecule has 0 radical (unpaired) electrons. The third-order valence-electron chi connectivity index (χ3n) is 7.06. The molecule has 1 aliphatic carbocycles. The number of benzene rings is 2. The van der Waals surface area contributed by atoms with Crippen LogP contribution < -0.4 is 15.0 Å². The lowest BCUT2D eigenvalue weighted by molar-refractivity contribution is 0.171. The average Bonchev–Trinajstić information content (AvgIpc) is 2.85. The second kappa shape index (κ2) is 9.07. The molecule has 2 heterocycles. The highest BCUT2D eigenvalue weighted by Crippen LogP contribution is 2.35. The van der Waals surface area contributed by atoms with Gasteiger partial charge >= 0.3 is 0 Å². The summed E-state index contributed by atoms with van der Waals surface area (Å²) in [5.41, 5.74) is 3.12. The fourth-order valence-electron chi connectivity index (χ4n) is 4.95. The van der Waals surface area contributed by atoms with Crippen molar-refractivity contribution in [2.75, 3.05) is 13.2 Å². The van der Waals surface area contributed by atoms with Gasteiger partial charge in [0.05, 0.1) is 10.4 Å². The highest BCUT2D eigenvalue weighted by Gasteiger charge is 2.34. The van der Waals surface area contributed by atoms with Gasteiger partial charge in [-0.05, 0) is 61.4 Å². The fraction of sp³-hybridized carbons (Fsp3) is 0.423. The zero-order chi connectivity index (χ0) is 23.9. The van der Waals surface area contributed by atoms with Crippen LogP contribution in [0.25, 0.3) is 10.9 Å². The molecule has 5 rings (SSSR count). The van der Waals surface area contributed by atoms with Crippen molar-refractivity contribution in [3.8, 4) is 11.5 Å². The number of aromatic amines is 1. The van der Waals surface area contributed by atoms with Crippen molar-refractivity contribution in [1.82, 2.24) is 9.29 Å². The molecule has 1 fully saturated rings. The summed E-state index contributed by atoms with van der Waals surface area (Å²) in [5.74, 6) is 0.983. The van der Waals surface area contributed by atoms with E-state index >= 15 is 0 Å². The number of aromatic nitrogens is 1. The first-order chi connectivity index (χ1) is 16.3. The topological polar surface area (TPSA) is 88.7 Å². The normalized spacial score (nSPS) is 16.8. The van der Waals surface area contributed by atoms with Crippen molar-refractivity contribution in [3.63, 3.8) is 0 Å². The third kappa shape index (κ3) is 4.20. The quantitative estimate of drug-likeness (QED) is 0.581. The van der Waals surface area contributed by atoms with E-state index in [4.69, 9.17) is 9.47 Å². The van der Waals surface area contributed by atoms with Gasteiger partial charge in [0, 0.05) is 24.2 Å². The maximum Gasteiger partial charge on any atom is 0.252 e. The zero-order valence-electron chi connectivity index (χ0n) is 19.6. The Labute approximate surface area is 199 Å². The number of sulfonamides is 1. The first kappa shape index (κ1) is 22.9. The van der Waals surface area contributed by atoms with Crippen LogP contribution in [-0.4, -0.2) is 37.0 Å². The van der Waals surface area contributed by atoms with Crippen LogP contribution in [0.2, 0.25) is 0 Å². The molecule has 0 unspecified atom stereocenters. The number of fused-ring (bicyclic) bond motifs is 2. The first-order valence-corrected chi connectivity index (χ1v) is 13.3. The minimum absolute atomic E-state index is 0.0274. The number of nitrogens with one attached hydrogen (secondary N) is 1. The Morgan fingerprint density at radius 1 is 0.971 bits per heavy atom. The Morgan fingerprint density at radius 3 is 2.47 bits per heavy atom. The molecule has 2 aromatic carbocycles. The molecule has 1 aromatic heterocycles. The van der Waals surface area contributed by atoms with Gasteiger partial charge in [-0.2, -0.15) is 4.31 Å². The Balaban J connectivity index is 1.56. The highest BCUT2D eigenvalue weighted by molar-refractivity contribution is 7.89. The van der Waals surface area contributed by atoms with E-state index in [2.05, 4.69) is 4.98 Å². The largest absolute Gasteiger partial charge is 0.486 e. The molecular weight excluding hydrogens is 452 g/mol. The van der Waals surface area contributed by atoms with Gasteiger partial charge < -0.3 is 14.5 Å².